The fraction of sp³-hybridized carbons (Fsp3) is 0. The molecule has 3 aromatic heterocycles. The summed E-state index contributed by atoms with van der Waals surface area (Å²) < 4.78 is 6.93. The zero-order valence-electron chi connectivity index (χ0n) is 14.5. The van der Waals surface area contributed by atoms with E-state index in [2.05, 4.69) is 10.1 Å². The maximum Gasteiger partial charge on any atom is 0.354 e. The molecule has 0 fully saturated rings. The van der Waals surface area contributed by atoms with Crippen molar-refractivity contribution in [3.63, 3.8) is 0 Å². The second-order valence-corrected chi connectivity index (χ2v) is 6.29. The van der Waals surface area contributed by atoms with Crippen molar-refractivity contribution in [1.29, 1.82) is 5.26 Å². The summed E-state index contributed by atoms with van der Waals surface area (Å²) in [6.45, 7) is 0. The highest BCUT2D eigenvalue weighted by Crippen LogP contribution is 2.30. The van der Waals surface area contributed by atoms with Crippen molar-refractivity contribution in [1.82, 2.24) is 14.6 Å². The quantitative estimate of drug-likeness (QED) is 0.441. The van der Waals surface area contributed by atoms with E-state index in [1.165, 1.54) is 0 Å². The van der Waals surface area contributed by atoms with Crippen molar-refractivity contribution in [3.8, 4) is 28.5 Å². The lowest BCUT2D eigenvalue weighted by atomic mass is 10.00. The van der Waals surface area contributed by atoms with E-state index in [4.69, 9.17) is 4.42 Å². The van der Waals surface area contributed by atoms with Crippen LogP contribution < -0.4 is 5.63 Å². The van der Waals surface area contributed by atoms with Crippen LogP contribution >= 0.6 is 0 Å². The van der Waals surface area contributed by atoms with Gasteiger partial charge in [0.25, 0.3) is 0 Å². The minimum Gasteiger partial charge on any atom is -0.422 e. The predicted octanol–water partition coefficient (Wildman–Crippen LogP) is 4.04. The standard InChI is InChI=1S/C22H12N4O2/c23-11-17-21(16-8-4-5-9-19(16)28-22(17)27)15-12-24-20-10-18(25-26(20)13-15)14-6-2-1-3-7-14/h1-10,12-13H. The van der Waals surface area contributed by atoms with Gasteiger partial charge in [-0.15, -0.1) is 0 Å². The number of para-hydroxylation sites is 1. The van der Waals surface area contributed by atoms with Crippen LogP contribution in [-0.4, -0.2) is 14.6 Å². The highest BCUT2D eigenvalue weighted by Gasteiger charge is 2.17. The van der Waals surface area contributed by atoms with Crippen LogP contribution in [0.15, 0.2) is 82.3 Å². The third-order valence-electron chi connectivity index (χ3n) is 4.60. The molecule has 2 aromatic carbocycles. The Bertz CT molecular complexity index is 1440. The second kappa shape index (κ2) is 6.18. The third kappa shape index (κ3) is 2.46. The summed E-state index contributed by atoms with van der Waals surface area (Å²) in [4.78, 5) is 16.8. The van der Waals surface area contributed by atoms with Crippen molar-refractivity contribution in [2.45, 2.75) is 0 Å². The Morgan fingerprint density at radius 1 is 1.00 bits per heavy atom. The zero-order chi connectivity index (χ0) is 19.1. The number of hydrogen-bond acceptors (Lipinski definition) is 5. The molecule has 6 heteroatoms. The average molecular weight is 364 g/mol. The van der Waals surface area contributed by atoms with Gasteiger partial charge >= 0.3 is 5.63 Å². The smallest absolute Gasteiger partial charge is 0.354 e. The fourth-order valence-electron chi connectivity index (χ4n) is 3.31. The van der Waals surface area contributed by atoms with Gasteiger partial charge in [-0.25, -0.2) is 14.3 Å². The number of rotatable bonds is 2. The first-order valence-electron chi connectivity index (χ1n) is 8.62. The molecule has 0 atom stereocenters. The summed E-state index contributed by atoms with van der Waals surface area (Å²) in [5, 5.41) is 14.8. The van der Waals surface area contributed by atoms with Gasteiger partial charge in [-0.1, -0.05) is 48.5 Å². The van der Waals surface area contributed by atoms with Crippen LogP contribution in [0, 0.1) is 11.3 Å². The van der Waals surface area contributed by atoms with Crippen molar-refractivity contribution < 1.29 is 4.42 Å². The summed E-state index contributed by atoms with van der Waals surface area (Å²) in [7, 11) is 0. The number of fused-ring (bicyclic) bond motifs is 2. The van der Waals surface area contributed by atoms with E-state index in [-0.39, 0.29) is 5.56 Å². The maximum absolute atomic E-state index is 12.3. The van der Waals surface area contributed by atoms with Crippen molar-refractivity contribution in [2.75, 3.05) is 0 Å². The Morgan fingerprint density at radius 2 is 1.79 bits per heavy atom. The Labute approximate surface area is 158 Å². The molecule has 5 aromatic rings. The molecule has 0 aliphatic carbocycles. The van der Waals surface area contributed by atoms with E-state index in [0.717, 1.165) is 11.3 Å². The average Bonchev–Trinajstić information content (AvgIpc) is 3.17. The molecular weight excluding hydrogens is 352 g/mol. The summed E-state index contributed by atoms with van der Waals surface area (Å²) in [6, 6.07) is 20.8. The molecule has 28 heavy (non-hydrogen) atoms. The zero-order valence-corrected chi connectivity index (χ0v) is 14.5. The molecule has 0 saturated heterocycles. The minimum absolute atomic E-state index is 0.0460. The molecule has 0 N–H and O–H groups in total. The number of nitrogens with zero attached hydrogens (tertiary/aromatic N) is 4. The topological polar surface area (TPSA) is 84.2 Å². The van der Waals surface area contributed by atoms with E-state index >= 15 is 0 Å². The van der Waals surface area contributed by atoms with E-state index < -0.39 is 5.63 Å². The SMILES string of the molecule is N#Cc1c(-c2cnc3cc(-c4ccccc4)nn3c2)c2ccccc2oc1=O. The van der Waals surface area contributed by atoms with E-state index in [9.17, 15) is 10.1 Å². The van der Waals surface area contributed by atoms with Gasteiger partial charge < -0.3 is 4.42 Å². The molecule has 0 bridgehead atoms. The lowest BCUT2D eigenvalue weighted by Crippen LogP contribution is -2.07. The van der Waals surface area contributed by atoms with Gasteiger partial charge in [0, 0.05) is 40.5 Å². The summed E-state index contributed by atoms with van der Waals surface area (Å²) in [5.74, 6) is 0. The van der Waals surface area contributed by atoms with Crippen LogP contribution in [-0.2, 0) is 0 Å². The van der Waals surface area contributed by atoms with Crippen LogP contribution in [0.5, 0.6) is 0 Å². The highest BCUT2D eigenvalue weighted by atomic mass is 16.4. The third-order valence-corrected chi connectivity index (χ3v) is 4.60. The van der Waals surface area contributed by atoms with E-state index in [1.807, 2.05) is 54.6 Å². The van der Waals surface area contributed by atoms with Crippen LogP contribution in [0.4, 0.5) is 0 Å². The second-order valence-electron chi connectivity index (χ2n) is 6.29. The van der Waals surface area contributed by atoms with Gasteiger partial charge in [-0.3, -0.25) is 0 Å². The summed E-state index contributed by atoms with van der Waals surface area (Å²) in [6.07, 6.45) is 3.42. The first-order valence-corrected chi connectivity index (χ1v) is 8.62. The Balaban J connectivity index is 1.77. The van der Waals surface area contributed by atoms with Crippen LogP contribution in [0.2, 0.25) is 0 Å². The molecule has 0 saturated carbocycles. The summed E-state index contributed by atoms with van der Waals surface area (Å²) >= 11 is 0. The maximum atomic E-state index is 12.3. The Hall–Kier alpha value is -4.24. The van der Waals surface area contributed by atoms with Crippen molar-refractivity contribution in [2.24, 2.45) is 0 Å². The number of benzene rings is 2. The lowest BCUT2D eigenvalue weighted by molar-refractivity contribution is 0.559. The molecule has 6 nitrogen and oxygen atoms in total. The van der Waals surface area contributed by atoms with Crippen LogP contribution in [0.1, 0.15) is 5.56 Å². The Morgan fingerprint density at radius 3 is 2.61 bits per heavy atom. The summed E-state index contributed by atoms with van der Waals surface area (Å²) in [5.41, 5.74) is 3.29. The molecule has 3 heterocycles. The Kier molecular flexibility index (Phi) is 3.53. The largest absolute Gasteiger partial charge is 0.422 e. The number of hydrogen-bond donors (Lipinski definition) is 0. The van der Waals surface area contributed by atoms with Gasteiger partial charge in [-0.05, 0) is 6.07 Å². The molecule has 0 aliphatic rings. The van der Waals surface area contributed by atoms with Gasteiger partial charge in [-0.2, -0.15) is 10.4 Å². The predicted molar refractivity (Wildman–Crippen MR) is 105 cm³/mol. The molecule has 0 radical (unpaired) electrons. The van der Waals surface area contributed by atoms with Crippen molar-refractivity contribution in [3.05, 3.63) is 89.0 Å². The first kappa shape index (κ1) is 16.0. The highest BCUT2D eigenvalue weighted by molar-refractivity contribution is 5.95. The van der Waals surface area contributed by atoms with Gasteiger partial charge in [0.15, 0.2) is 5.65 Å². The molecule has 0 spiro atoms. The first-order chi connectivity index (χ1) is 13.7. The van der Waals surface area contributed by atoms with Crippen molar-refractivity contribution >= 4 is 16.6 Å². The molecule has 0 amide bonds. The van der Waals surface area contributed by atoms with Gasteiger partial charge in [0.1, 0.15) is 17.2 Å². The van der Waals surface area contributed by atoms with Crippen LogP contribution in [0.25, 0.3) is 39.0 Å². The molecular formula is C22H12N4O2. The van der Waals surface area contributed by atoms with Gasteiger partial charge in [0.2, 0.25) is 0 Å². The fourth-order valence-corrected chi connectivity index (χ4v) is 3.31. The van der Waals surface area contributed by atoms with E-state index in [1.54, 1.807) is 29.0 Å². The number of nitriles is 1. The van der Waals surface area contributed by atoms with E-state index in [0.29, 0.717) is 27.7 Å². The molecule has 0 aliphatic heterocycles. The minimum atomic E-state index is -0.665. The number of aromatic nitrogens is 3. The normalized spacial score (nSPS) is 11.0. The molecule has 0 unspecified atom stereocenters. The monoisotopic (exact) mass is 364 g/mol. The molecule has 132 valence electrons. The van der Waals surface area contributed by atoms with Gasteiger partial charge in [0.05, 0.1) is 5.69 Å². The lowest BCUT2D eigenvalue weighted by Gasteiger charge is -2.07. The van der Waals surface area contributed by atoms with Crippen LogP contribution in [0.3, 0.4) is 0 Å². The molecule has 5 rings (SSSR count).